The molecule has 1 heterocycles. The Hall–Kier alpha value is -3.43. The van der Waals surface area contributed by atoms with Crippen molar-refractivity contribution in [3.8, 4) is 28.5 Å². The highest BCUT2D eigenvalue weighted by molar-refractivity contribution is 5.75. The van der Waals surface area contributed by atoms with E-state index in [1.54, 1.807) is 0 Å². The minimum Gasteiger partial charge on any atom is -0.392 e. The van der Waals surface area contributed by atoms with Crippen molar-refractivity contribution in [3.05, 3.63) is 59.7 Å². The average molecular weight is 317 g/mol. The number of anilines is 2. The summed E-state index contributed by atoms with van der Waals surface area (Å²) < 4.78 is 0. The molecule has 0 unspecified atom stereocenters. The van der Waals surface area contributed by atoms with Gasteiger partial charge in [0.25, 0.3) is 0 Å². The molecule has 0 aliphatic rings. The molecular weight excluding hydrogens is 302 g/mol. The maximum atomic E-state index is 9.27. The highest BCUT2D eigenvalue weighted by Crippen LogP contribution is 2.28. The van der Waals surface area contributed by atoms with Crippen LogP contribution in [0.15, 0.2) is 48.5 Å². The van der Waals surface area contributed by atoms with E-state index in [2.05, 4.69) is 9.97 Å². The van der Waals surface area contributed by atoms with Gasteiger partial charge in [-0.25, -0.2) is 4.98 Å². The number of hydrogen-bond acceptors (Lipinski definition) is 6. The summed E-state index contributed by atoms with van der Waals surface area (Å²) in [6, 6.07) is 17.2. The number of aliphatic hydroxyl groups excluding tert-OH is 1. The molecule has 2 aromatic carbocycles. The van der Waals surface area contributed by atoms with E-state index in [-0.39, 0.29) is 23.9 Å². The molecule has 0 bridgehead atoms. The molecule has 1 aromatic heterocycles. The first kappa shape index (κ1) is 15.5. The second-order valence-corrected chi connectivity index (χ2v) is 5.24. The number of nitrogens with zero attached hydrogens (tertiary/aromatic N) is 3. The van der Waals surface area contributed by atoms with Gasteiger partial charge in [-0.2, -0.15) is 10.2 Å². The molecule has 0 aliphatic heterocycles. The number of nitrogens with two attached hydrogens (primary N) is 2. The highest BCUT2D eigenvalue weighted by atomic mass is 16.3. The van der Waals surface area contributed by atoms with Crippen LogP contribution in [0.1, 0.15) is 11.1 Å². The zero-order valence-electron chi connectivity index (χ0n) is 12.8. The van der Waals surface area contributed by atoms with Crippen molar-refractivity contribution in [1.29, 1.82) is 5.26 Å². The smallest absolute Gasteiger partial charge is 0.222 e. The van der Waals surface area contributed by atoms with Crippen LogP contribution in [0.5, 0.6) is 0 Å². The van der Waals surface area contributed by atoms with Gasteiger partial charge in [-0.3, -0.25) is 0 Å². The van der Waals surface area contributed by atoms with Gasteiger partial charge in [0.1, 0.15) is 17.5 Å². The maximum absolute atomic E-state index is 9.27. The van der Waals surface area contributed by atoms with Crippen LogP contribution in [0.4, 0.5) is 11.8 Å². The zero-order chi connectivity index (χ0) is 17.1. The fourth-order valence-corrected chi connectivity index (χ4v) is 2.48. The predicted octanol–water partition coefficient (Wildman–Crippen LogP) is 2.34. The van der Waals surface area contributed by atoms with Crippen molar-refractivity contribution >= 4 is 11.8 Å². The summed E-state index contributed by atoms with van der Waals surface area (Å²) in [5.41, 5.74) is 15.6. The Morgan fingerprint density at radius 3 is 2.33 bits per heavy atom. The maximum Gasteiger partial charge on any atom is 0.222 e. The molecule has 6 nitrogen and oxygen atoms in total. The third kappa shape index (κ3) is 2.89. The normalized spacial score (nSPS) is 10.3. The molecule has 0 amide bonds. The van der Waals surface area contributed by atoms with Gasteiger partial charge in [-0.1, -0.05) is 42.5 Å². The van der Waals surface area contributed by atoms with E-state index < -0.39 is 0 Å². The third-order valence-corrected chi connectivity index (χ3v) is 3.67. The monoisotopic (exact) mass is 317 g/mol. The van der Waals surface area contributed by atoms with Crippen molar-refractivity contribution < 1.29 is 5.11 Å². The predicted molar refractivity (Wildman–Crippen MR) is 92.4 cm³/mol. The number of aliphatic hydroxyl groups is 1. The van der Waals surface area contributed by atoms with E-state index in [1.807, 2.05) is 54.6 Å². The van der Waals surface area contributed by atoms with Gasteiger partial charge >= 0.3 is 0 Å². The summed E-state index contributed by atoms with van der Waals surface area (Å²) in [4.78, 5) is 7.95. The molecule has 0 saturated carbocycles. The Balaban J connectivity index is 2.03. The van der Waals surface area contributed by atoms with Gasteiger partial charge in [-0.15, -0.1) is 0 Å². The van der Waals surface area contributed by atoms with Gasteiger partial charge in [0.2, 0.25) is 5.95 Å². The first-order chi connectivity index (χ1) is 11.6. The number of benzene rings is 2. The van der Waals surface area contributed by atoms with Crippen LogP contribution >= 0.6 is 0 Å². The first-order valence-electron chi connectivity index (χ1n) is 7.26. The van der Waals surface area contributed by atoms with E-state index in [9.17, 15) is 10.4 Å². The van der Waals surface area contributed by atoms with Gasteiger partial charge in [-0.05, 0) is 22.8 Å². The molecule has 0 radical (unpaired) electrons. The molecule has 5 N–H and O–H groups in total. The van der Waals surface area contributed by atoms with Crippen LogP contribution in [0.25, 0.3) is 22.4 Å². The molecule has 3 aromatic rings. The number of nitriles is 1. The van der Waals surface area contributed by atoms with E-state index in [1.165, 1.54) is 0 Å². The molecule has 6 heteroatoms. The van der Waals surface area contributed by atoms with Crippen molar-refractivity contribution in [2.45, 2.75) is 6.61 Å². The van der Waals surface area contributed by atoms with Crippen molar-refractivity contribution in [3.63, 3.8) is 0 Å². The van der Waals surface area contributed by atoms with Crippen LogP contribution in [-0.2, 0) is 6.61 Å². The SMILES string of the molecule is N#Cc1c(N)nc(N)nc1-c1ccc(-c2cccc(CO)c2)cc1. The van der Waals surface area contributed by atoms with E-state index in [4.69, 9.17) is 11.5 Å². The van der Waals surface area contributed by atoms with Crippen LogP contribution in [0.2, 0.25) is 0 Å². The van der Waals surface area contributed by atoms with Gasteiger partial charge in [0.15, 0.2) is 0 Å². The number of nitrogen functional groups attached to an aromatic ring is 2. The van der Waals surface area contributed by atoms with Crippen LogP contribution in [-0.4, -0.2) is 15.1 Å². The summed E-state index contributed by atoms with van der Waals surface area (Å²) in [5, 5.41) is 18.5. The fraction of sp³-hybridized carbons (Fsp3) is 0.0556. The minimum atomic E-state index is -0.00303. The first-order valence-corrected chi connectivity index (χ1v) is 7.26. The lowest BCUT2D eigenvalue weighted by atomic mass is 10.00. The molecule has 3 rings (SSSR count). The summed E-state index contributed by atoms with van der Waals surface area (Å²) in [6.45, 7) is -0.00303. The number of hydrogen-bond donors (Lipinski definition) is 3. The molecule has 24 heavy (non-hydrogen) atoms. The number of aromatic nitrogens is 2. The Morgan fingerprint density at radius 1 is 0.958 bits per heavy atom. The van der Waals surface area contributed by atoms with Gasteiger partial charge in [0.05, 0.1) is 12.3 Å². The zero-order valence-corrected chi connectivity index (χ0v) is 12.8. The summed E-state index contributed by atoms with van der Waals surface area (Å²) in [6.07, 6.45) is 0. The molecule has 0 saturated heterocycles. The average Bonchev–Trinajstić information content (AvgIpc) is 2.61. The fourth-order valence-electron chi connectivity index (χ4n) is 2.48. The summed E-state index contributed by atoms with van der Waals surface area (Å²) in [7, 11) is 0. The Morgan fingerprint density at radius 2 is 1.67 bits per heavy atom. The molecule has 0 atom stereocenters. The van der Waals surface area contributed by atoms with E-state index in [0.717, 1.165) is 22.3 Å². The second kappa shape index (κ2) is 6.36. The molecular formula is C18H15N5O. The molecule has 0 fully saturated rings. The quantitative estimate of drug-likeness (QED) is 0.681. The lowest BCUT2D eigenvalue weighted by molar-refractivity contribution is 0.282. The van der Waals surface area contributed by atoms with Gasteiger partial charge in [0, 0.05) is 5.56 Å². The van der Waals surface area contributed by atoms with Crippen molar-refractivity contribution in [1.82, 2.24) is 9.97 Å². The Labute approximate surface area is 139 Å². The number of rotatable bonds is 3. The topological polar surface area (TPSA) is 122 Å². The van der Waals surface area contributed by atoms with Crippen molar-refractivity contribution in [2.75, 3.05) is 11.5 Å². The second-order valence-electron chi connectivity index (χ2n) is 5.24. The molecule has 118 valence electrons. The summed E-state index contributed by atoms with van der Waals surface area (Å²) in [5.74, 6) is 0.0981. The minimum absolute atomic E-state index is 0.00303. The third-order valence-electron chi connectivity index (χ3n) is 3.67. The molecule has 0 aliphatic carbocycles. The van der Waals surface area contributed by atoms with Gasteiger partial charge < -0.3 is 16.6 Å². The highest BCUT2D eigenvalue weighted by Gasteiger charge is 2.13. The van der Waals surface area contributed by atoms with Crippen molar-refractivity contribution in [2.24, 2.45) is 0 Å². The Kier molecular flexibility index (Phi) is 4.10. The standard InChI is InChI=1S/C18H15N5O/c19-9-15-16(22-18(21)23-17(15)20)13-6-4-12(5-7-13)14-3-1-2-11(8-14)10-24/h1-8,24H,10H2,(H4,20,21,22,23). The van der Waals surface area contributed by atoms with Crippen LogP contribution < -0.4 is 11.5 Å². The van der Waals surface area contributed by atoms with E-state index in [0.29, 0.717) is 5.69 Å². The van der Waals surface area contributed by atoms with E-state index >= 15 is 0 Å². The molecule has 0 spiro atoms. The van der Waals surface area contributed by atoms with Crippen LogP contribution in [0.3, 0.4) is 0 Å². The lowest BCUT2D eigenvalue weighted by Crippen LogP contribution is -2.04. The lowest BCUT2D eigenvalue weighted by Gasteiger charge is -2.08. The van der Waals surface area contributed by atoms with Crippen LogP contribution in [0, 0.1) is 11.3 Å². The Bertz CT molecular complexity index is 929. The largest absolute Gasteiger partial charge is 0.392 e. The summed E-state index contributed by atoms with van der Waals surface area (Å²) >= 11 is 0.